The third kappa shape index (κ3) is 4.86. The summed E-state index contributed by atoms with van der Waals surface area (Å²) < 4.78 is 10.9. The molecule has 1 heterocycles. The minimum atomic E-state index is -0.698. The van der Waals surface area contributed by atoms with Gasteiger partial charge in [0.2, 0.25) is 0 Å². The monoisotopic (exact) mass is 437 g/mol. The number of unbranched alkanes of at least 4 members (excludes halogenated alkanes) is 1. The Morgan fingerprint density at radius 3 is 2.38 bits per heavy atom. The van der Waals surface area contributed by atoms with E-state index >= 15 is 0 Å². The van der Waals surface area contributed by atoms with E-state index in [1.807, 2.05) is 50.2 Å². The average Bonchev–Trinajstić information content (AvgIpc) is 3.04. The molecule has 1 aliphatic rings. The predicted molar refractivity (Wildman–Crippen MR) is 124 cm³/mol. The first-order chi connectivity index (χ1) is 15.4. The highest BCUT2D eigenvalue weighted by atomic mass is 16.5. The molecule has 1 fully saturated rings. The Labute approximate surface area is 189 Å². The number of carbonyl (C=O) groups is 2. The molecule has 6 nitrogen and oxygen atoms in total. The summed E-state index contributed by atoms with van der Waals surface area (Å²) in [5.74, 6) is -0.768. The van der Waals surface area contributed by atoms with E-state index in [2.05, 4.69) is 6.92 Å². The summed E-state index contributed by atoms with van der Waals surface area (Å²) in [6.45, 7) is 7.18. The number of aliphatic hydroxyl groups excluding tert-OH is 1. The van der Waals surface area contributed by atoms with Crippen LogP contribution in [-0.2, 0) is 14.3 Å². The maximum absolute atomic E-state index is 13.0. The van der Waals surface area contributed by atoms with Gasteiger partial charge in [0.05, 0.1) is 24.8 Å². The molecule has 1 saturated heterocycles. The SMILES string of the molecule is CCCCOc1ccc(C2/C(=C(/O)c3ccc(C)c(C)c3)C(=O)C(=O)N2CCOC)cc1. The Morgan fingerprint density at radius 1 is 1.03 bits per heavy atom. The molecule has 0 saturated carbocycles. The highest BCUT2D eigenvalue weighted by Crippen LogP contribution is 2.39. The molecule has 1 atom stereocenters. The predicted octanol–water partition coefficient (Wildman–Crippen LogP) is 4.55. The van der Waals surface area contributed by atoms with Gasteiger partial charge in [0.15, 0.2) is 0 Å². The number of hydrogen-bond donors (Lipinski definition) is 1. The summed E-state index contributed by atoms with van der Waals surface area (Å²) in [5.41, 5.74) is 3.41. The van der Waals surface area contributed by atoms with Crippen LogP contribution in [0.2, 0.25) is 0 Å². The normalized spacial score (nSPS) is 17.8. The van der Waals surface area contributed by atoms with Gasteiger partial charge < -0.3 is 19.5 Å². The number of ketones is 1. The van der Waals surface area contributed by atoms with Crippen molar-refractivity contribution in [2.45, 2.75) is 39.7 Å². The highest BCUT2D eigenvalue weighted by molar-refractivity contribution is 6.46. The summed E-state index contributed by atoms with van der Waals surface area (Å²) in [5, 5.41) is 11.1. The lowest BCUT2D eigenvalue weighted by atomic mass is 9.94. The first-order valence-electron chi connectivity index (χ1n) is 11.0. The van der Waals surface area contributed by atoms with Crippen LogP contribution in [0.3, 0.4) is 0 Å². The topological polar surface area (TPSA) is 76.1 Å². The van der Waals surface area contributed by atoms with Crippen molar-refractivity contribution in [2.75, 3.05) is 26.9 Å². The Kier molecular flexibility index (Phi) is 7.70. The zero-order chi connectivity index (χ0) is 23.3. The highest BCUT2D eigenvalue weighted by Gasteiger charge is 2.45. The Morgan fingerprint density at radius 2 is 1.75 bits per heavy atom. The van der Waals surface area contributed by atoms with E-state index in [-0.39, 0.29) is 24.5 Å². The summed E-state index contributed by atoms with van der Waals surface area (Å²) in [6.07, 6.45) is 2.01. The van der Waals surface area contributed by atoms with E-state index < -0.39 is 17.7 Å². The quantitative estimate of drug-likeness (QED) is 0.270. The Balaban J connectivity index is 2.04. The molecule has 6 heteroatoms. The molecule has 0 aromatic heterocycles. The number of methoxy groups -OCH3 is 1. The summed E-state index contributed by atoms with van der Waals surface area (Å²) in [7, 11) is 1.54. The second kappa shape index (κ2) is 10.5. The fourth-order valence-corrected chi connectivity index (χ4v) is 3.77. The van der Waals surface area contributed by atoms with E-state index in [0.29, 0.717) is 12.2 Å². The van der Waals surface area contributed by atoms with Gasteiger partial charge in [-0.15, -0.1) is 0 Å². The van der Waals surface area contributed by atoms with Crippen LogP contribution in [0.25, 0.3) is 5.76 Å². The lowest BCUT2D eigenvalue weighted by molar-refractivity contribution is -0.140. The van der Waals surface area contributed by atoms with Crippen molar-refractivity contribution < 1.29 is 24.2 Å². The van der Waals surface area contributed by atoms with Crippen molar-refractivity contribution in [1.82, 2.24) is 4.90 Å². The number of ether oxygens (including phenoxy) is 2. The van der Waals surface area contributed by atoms with Gasteiger partial charge in [-0.05, 0) is 55.2 Å². The van der Waals surface area contributed by atoms with Gasteiger partial charge in [-0.2, -0.15) is 0 Å². The number of nitrogens with zero attached hydrogens (tertiary/aromatic N) is 1. The molecule has 170 valence electrons. The van der Waals surface area contributed by atoms with Crippen LogP contribution in [0.5, 0.6) is 5.75 Å². The molecule has 32 heavy (non-hydrogen) atoms. The number of amides is 1. The molecule has 0 bridgehead atoms. The van der Waals surface area contributed by atoms with Gasteiger partial charge in [-0.3, -0.25) is 9.59 Å². The summed E-state index contributed by atoms with van der Waals surface area (Å²) in [6, 6.07) is 12.1. The van der Waals surface area contributed by atoms with Crippen LogP contribution in [0.4, 0.5) is 0 Å². The number of benzene rings is 2. The van der Waals surface area contributed by atoms with Crippen LogP contribution in [0.15, 0.2) is 48.0 Å². The van der Waals surface area contributed by atoms with Crippen LogP contribution in [0, 0.1) is 13.8 Å². The van der Waals surface area contributed by atoms with Gasteiger partial charge in [-0.1, -0.05) is 37.6 Å². The van der Waals surface area contributed by atoms with E-state index in [1.165, 1.54) is 4.90 Å². The van der Waals surface area contributed by atoms with E-state index in [0.717, 1.165) is 35.3 Å². The smallest absolute Gasteiger partial charge is 0.295 e. The Bertz CT molecular complexity index is 1010. The van der Waals surface area contributed by atoms with Crippen LogP contribution >= 0.6 is 0 Å². The summed E-state index contributed by atoms with van der Waals surface area (Å²) in [4.78, 5) is 27.3. The average molecular weight is 438 g/mol. The standard InChI is InChI=1S/C26H31NO5/c1-5-6-14-32-21-11-9-19(10-12-21)23-22(25(29)26(30)27(23)13-15-31-4)24(28)20-8-7-17(2)18(3)16-20/h7-12,16,23,28H,5-6,13-15H2,1-4H3/b24-22-. The molecule has 0 radical (unpaired) electrons. The molecule has 2 aromatic rings. The van der Waals surface area contributed by atoms with Crippen LogP contribution in [0.1, 0.15) is 48.1 Å². The second-order valence-corrected chi connectivity index (χ2v) is 8.06. The second-order valence-electron chi connectivity index (χ2n) is 8.06. The zero-order valence-electron chi connectivity index (χ0n) is 19.2. The third-order valence-electron chi connectivity index (χ3n) is 5.82. The third-order valence-corrected chi connectivity index (χ3v) is 5.82. The number of aliphatic hydroxyl groups is 1. The van der Waals surface area contributed by atoms with Crippen molar-refractivity contribution >= 4 is 17.4 Å². The largest absolute Gasteiger partial charge is 0.507 e. The Hall–Kier alpha value is -3.12. The molecule has 1 N–H and O–H groups in total. The molecule has 1 unspecified atom stereocenters. The number of carbonyl (C=O) groups excluding carboxylic acids is 2. The number of aryl methyl sites for hydroxylation is 2. The van der Waals surface area contributed by atoms with Gasteiger partial charge >= 0.3 is 0 Å². The molecule has 0 aliphatic carbocycles. The van der Waals surface area contributed by atoms with E-state index in [9.17, 15) is 14.7 Å². The molecular formula is C26H31NO5. The van der Waals surface area contributed by atoms with Crippen molar-refractivity contribution in [3.05, 3.63) is 70.3 Å². The van der Waals surface area contributed by atoms with Crippen molar-refractivity contribution in [3.8, 4) is 5.75 Å². The first-order valence-corrected chi connectivity index (χ1v) is 11.0. The number of hydrogen-bond acceptors (Lipinski definition) is 5. The molecule has 1 aliphatic heterocycles. The van der Waals surface area contributed by atoms with E-state index in [4.69, 9.17) is 9.47 Å². The maximum atomic E-state index is 13.0. The minimum Gasteiger partial charge on any atom is -0.507 e. The first kappa shape index (κ1) is 23.5. The number of Topliss-reactive ketones (excluding diaryl/α,β-unsaturated/α-hetero) is 1. The molecule has 0 spiro atoms. The van der Waals surface area contributed by atoms with Gasteiger partial charge in [-0.25, -0.2) is 0 Å². The fraction of sp³-hybridized carbons (Fsp3) is 0.385. The number of rotatable bonds is 9. The molecule has 3 rings (SSSR count). The molecular weight excluding hydrogens is 406 g/mol. The lowest BCUT2D eigenvalue weighted by Gasteiger charge is -2.25. The van der Waals surface area contributed by atoms with Crippen LogP contribution < -0.4 is 4.74 Å². The van der Waals surface area contributed by atoms with Crippen molar-refractivity contribution in [3.63, 3.8) is 0 Å². The zero-order valence-corrected chi connectivity index (χ0v) is 19.2. The fourth-order valence-electron chi connectivity index (χ4n) is 3.77. The molecule has 2 aromatic carbocycles. The lowest BCUT2D eigenvalue weighted by Crippen LogP contribution is -2.32. The van der Waals surface area contributed by atoms with Gasteiger partial charge in [0, 0.05) is 19.2 Å². The van der Waals surface area contributed by atoms with Crippen molar-refractivity contribution in [1.29, 1.82) is 0 Å². The van der Waals surface area contributed by atoms with Crippen LogP contribution in [-0.4, -0.2) is 48.6 Å². The maximum Gasteiger partial charge on any atom is 0.295 e. The van der Waals surface area contributed by atoms with Crippen molar-refractivity contribution in [2.24, 2.45) is 0 Å². The summed E-state index contributed by atoms with van der Waals surface area (Å²) >= 11 is 0. The molecule has 1 amide bonds. The van der Waals surface area contributed by atoms with Gasteiger partial charge in [0.25, 0.3) is 11.7 Å². The number of likely N-dealkylation sites (tertiary alicyclic amines) is 1. The minimum absolute atomic E-state index is 0.0917. The van der Waals surface area contributed by atoms with E-state index in [1.54, 1.807) is 13.2 Å². The van der Waals surface area contributed by atoms with Gasteiger partial charge in [0.1, 0.15) is 11.5 Å².